The third kappa shape index (κ3) is 3.18. The summed E-state index contributed by atoms with van der Waals surface area (Å²) < 4.78 is 7.06. The van der Waals surface area contributed by atoms with Gasteiger partial charge >= 0.3 is 0 Å². The second-order valence-corrected chi connectivity index (χ2v) is 4.19. The minimum Gasteiger partial charge on any atom is -0.383 e. The van der Waals surface area contributed by atoms with Gasteiger partial charge in [-0.25, -0.2) is 4.98 Å². The van der Waals surface area contributed by atoms with E-state index < -0.39 is 0 Å². The largest absolute Gasteiger partial charge is 0.383 e. The summed E-state index contributed by atoms with van der Waals surface area (Å²) in [6.45, 7) is 4.43. The highest BCUT2D eigenvalue weighted by Gasteiger charge is 2.09. The number of nitrogens with zero attached hydrogens (tertiary/aromatic N) is 3. The van der Waals surface area contributed by atoms with E-state index in [9.17, 15) is 0 Å². The maximum absolute atomic E-state index is 4.97. The van der Waals surface area contributed by atoms with Crippen molar-refractivity contribution in [1.82, 2.24) is 25.1 Å². The minimum absolute atomic E-state index is 0.240. The Kier molecular flexibility index (Phi) is 4.49. The molecule has 1 unspecified atom stereocenters. The summed E-state index contributed by atoms with van der Waals surface area (Å²) in [5.41, 5.74) is 2.17. The lowest BCUT2D eigenvalue weighted by molar-refractivity contribution is 0.199. The molecule has 0 aliphatic rings. The van der Waals surface area contributed by atoms with Gasteiger partial charge in [0.15, 0.2) is 0 Å². The zero-order valence-electron chi connectivity index (χ0n) is 10.8. The number of aromatic nitrogens is 4. The summed E-state index contributed by atoms with van der Waals surface area (Å²) >= 11 is 0. The molecule has 0 spiro atoms. The maximum atomic E-state index is 4.97. The van der Waals surface area contributed by atoms with E-state index in [2.05, 4.69) is 38.2 Å². The molecule has 18 heavy (non-hydrogen) atoms. The summed E-state index contributed by atoms with van der Waals surface area (Å²) in [7, 11) is 1.70. The van der Waals surface area contributed by atoms with E-state index >= 15 is 0 Å². The minimum atomic E-state index is 0.240. The number of ether oxygens (including phenoxy) is 1. The molecule has 1 atom stereocenters. The predicted molar refractivity (Wildman–Crippen MR) is 68.2 cm³/mol. The fraction of sp³-hybridized carbons (Fsp3) is 0.500. The van der Waals surface area contributed by atoms with Gasteiger partial charge in [0.1, 0.15) is 0 Å². The van der Waals surface area contributed by atoms with E-state index in [0.29, 0.717) is 6.61 Å². The van der Waals surface area contributed by atoms with Gasteiger partial charge in [-0.3, -0.25) is 5.10 Å². The second kappa shape index (κ2) is 6.32. The molecule has 2 aromatic heterocycles. The van der Waals surface area contributed by atoms with Crippen LogP contribution in [0.2, 0.25) is 0 Å². The third-order valence-corrected chi connectivity index (χ3v) is 2.89. The Morgan fingerprint density at radius 1 is 1.56 bits per heavy atom. The van der Waals surface area contributed by atoms with Crippen LogP contribution in [0.4, 0.5) is 0 Å². The standard InChI is InChI=1S/C12H19N5O/c1-10(11-5-15-16-6-11)17-8-12(14-9-17)7-13-3-4-18-2/h5-6,8-10,13H,3-4,7H2,1-2H3,(H,15,16). The molecule has 2 N–H and O–H groups in total. The van der Waals surface area contributed by atoms with E-state index in [1.54, 1.807) is 7.11 Å². The molecule has 0 aliphatic carbocycles. The first kappa shape index (κ1) is 12.8. The van der Waals surface area contributed by atoms with Crippen molar-refractivity contribution in [2.75, 3.05) is 20.3 Å². The molecule has 6 nitrogen and oxygen atoms in total. The lowest BCUT2D eigenvalue weighted by Gasteiger charge is -2.09. The Balaban J connectivity index is 1.89. The molecule has 0 amide bonds. The van der Waals surface area contributed by atoms with Gasteiger partial charge in [-0.05, 0) is 6.92 Å². The molecule has 6 heteroatoms. The number of H-pyrrole nitrogens is 1. The maximum Gasteiger partial charge on any atom is 0.0955 e. The SMILES string of the molecule is COCCNCc1cn(C(C)c2cn[nH]c2)cn1. The molecule has 98 valence electrons. The molecule has 2 aromatic rings. The first-order valence-corrected chi connectivity index (χ1v) is 6.02. The number of hydrogen-bond acceptors (Lipinski definition) is 4. The normalized spacial score (nSPS) is 12.8. The van der Waals surface area contributed by atoms with Gasteiger partial charge in [-0.15, -0.1) is 0 Å². The molecule has 0 aromatic carbocycles. The average molecular weight is 249 g/mol. The highest BCUT2D eigenvalue weighted by atomic mass is 16.5. The number of rotatable bonds is 7. The van der Waals surface area contributed by atoms with Crippen molar-refractivity contribution < 1.29 is 4.74 Å². The van der Waals surface area contributed by atoms with Crippen molar-refractivity contribution in [1.29, 1.82) is 0 Å². The number of aromatic amines is 1. The molecule has 0 fully saturated rings. The first-order chi connectivity index (χ1) is 8.81. The van der Waals surface area contributed by atoms with Crippen molar-refractivity contribution in [3.05, 3.63) is 36.2 Å². The molecular weight excluding hydrogens is 230 g/mol. The van der Waals surface area contributed by atoms with Crippen molar-refractivity contribution >= 4 is 0 Å². The van der Waals surface area contributed by atoms with E-state index in [1.165, 1.54) is 0 Å². The van der Waals surface area contributed by atoms with Crippen molar-refractivity contribution in [2.24, 2.45) is 0 Å². The topological polar surface area (TPSA) is 67.8 Å². The zero-order chi connectivity index (χ0) is 12.8. The number of imidazole rings is 1. The van der Waals surface area contributed by atoms with Crippen LogP contribution in [0.1, 0.15) is 24.2 Å². The van der Waals surface area contributed by atoms with Crippen molar-refractivity contribution in [3.63, 3.8) is 0 Å². The summed E-state index contributed by atoms with van der Waals surface area (Å²) in [6.07, 6.45) is 7.64. The van der Waals surface area contributed by atoms with Crippen LogP contribution in [0.25, 0.3) is 0 Å². The van der Waals surface area contributed by atoms with Crippen molar-refractivity contribution in [3.8, 4) is 0 Å². The van der Waals surface area contributed by atoms with Gasteiger partial charge in [-0.2, -0.15) is 5.10 Å². The van der Waals surface area contributed by atoms with Gasteiger partial charge in [0.2, 0.25) is 0 Å². The van der Waals surface area contributed by atoms with Gasteiger partial charge in [-0.1, -0.05) is 0 Å². The number of hydrogen-bond donors (Lipinski definition) is 2. The summed E-state index contributed by atoms with van der Waals surface area (Å²) in [5.74, 6) is 0. The van der Waals surface area contributed by atoms with Crippen LogP contribution in [0, 0.1) is 0 Å². The predicted octanol–water partition coefficient (Wildman–Crippen LogP) is 0.951. The smallest absolute Gasteiger partial charge is 0.0955 e. The fourth-order valence-corrected chi connectivity index (χ4v) is 1.73. The Hall–Kier alpha value is -1.66. The van der Waals surface area contributed by atoms with E-state index in [-0.39, 0.29) is 6.04 Å². The van der Waals surface area contributed by atoms with Gasteiger partial charge in [0.25, 0.3) is 0 Å². The van der Waals surface area contributed by atoms with Crippen LogP contribution >= 0.6 is 0 Å². The summed E-state index contributed by atoms with van der Waals surface area (Å²) in [4.78, 5) is 4.37. The lowest BCUT2D eigenvalue weighted by Crippen LogP contribution is -2.18. The van der Waals surface area contributed by atoms with Gasteiger partial charge in [0, 0.05) is 38.2 Å². The molecule has 0 aliphatic heterocycles. The Bertz CT molecular complexity index is 451. The number of methoxy groups -OCH3 is 1. The van der Waals surface area contributed by atoms with E-state index in [1.807, 2.05) is 18.7 Å². The third-order valence-electron chi connectivity index (χ3n) is 2.89. The van der Waals surface area contributed by atoms with Gasteiger partial charge < -0.3 is 14.6 Å². The average Bonchev–Trinajstić information content (AvgIpc) is 3.05. The molecule has 0 radical (unpaired) electrons. The first-order valence-electron chi connectivity index (χ1n) is 6.02. The Morgan fingerprint density at radius 2 is 2.44 bits per heavy atom. The van der Waals surface area contributed by atoms with Crippen LogP contribution in [0.3, 0.4) is 0 Å². The highest BCUT2D eigenvalue weighted by molar-refractivity contribution is 5.11. The summed E-state index contributed by atoms with van der Waals surface area (Å²) in [5, 5.41) is 10.1. The molecule has 2 rings (SSSR count). The van der Waals surface area contributed by atoms with Crippen molar-refractivity contribution in [2.45, 2.75) is 19.5 Å². The monoisotopic (exact) mass is 249 g/mol. The Morgan fingerprint density at radius 3 is 3.17 bits per heavy atom. The molecule has 0 saturated carbocycles. The lowest BCUT2D eigenvalue weighted by atomic mass is 10.2. The van der Waals surface area contributed by atoms with Crippen LogP contribution in [-0.2, 0) is 11.3 Å². The summed E-state index contributed by atoms with van der Waals surface area (Å²) in [6, 6.07) is 0.240. The van der Waals surface area contributed by atoms with Gasteiger partial charge in [0.05, 0.1) is 30.9 Å². The van der Waals surface area contributed by atoms with E-state index in [0.717, 1.165) is 24.3 Å². The number of nitrogens with one attached hydrogen (secondary N) is 2. The van der Waals surface area contributed by atoms with Crippen LogP contribution in [0.15, 0.2) is 24.9 Å². The fourth-order valence-electron chi connectivity index (χ4n) is 1.73. The van der Waals surface area contributed by atoms with Crippen LogP contribution in [-0.4, -0.2) is 40.0 Å². The molecule has 2 heterocycles. The highest BCUT2D eigenvalue weighted by Crippen LogP contribution is 2.16. The quantitative estimate of drug-likeness (QED) is 0.717. The van der Waals surface area contributed by atoms with Crippen LogP contribution < -0.4 is 5.32 Å². The molecular formula is C12H19N5O. The molecule has 0 bridgehead atoms. The Labute approximate surface area is 106 Å². The van der Waals surface area contributed by atoms with E-state index in [4.69, 9.17) is 4.74 Å². The second-order valence-electron chi connectivity index (χ2n) is 4.19. The zero-order valence-corrected chi connectivity index (χ0v) is 10.8. The molecule has 0 saturated heterocycles. The van der Waals surface area contributed by atoms with Crippen LogP contribution in [0.5, 0.6) is 0 Å².